The lowest BCUT2D eigenvalue weighted by Gasteiger charge is -2.22. The Morgan fingerprint density at radius 2 is 2.33 bits per heavy atom. The van der Waals surface area contributed by atoms with Crippen molar-refractivity contribution in [3.8, 4) is 0 Å². The molecule has 0 saturated heterocycles. The van der Waals surface area contributed by atoms with Crippen molar-refractivity contribution in [1.29, 1.82) is 0 Å². The summed E-state index contributed by atoms with van der Waals surface area (Å²) in [6.07, 6.45) is 5.29. The second-order valence-corrected chi connectivity index (χ2v) is 3.37. The van der Waals surface area contributed by atoms with Gasteiger partial charge >= 0.3 is 0 Å². The van der Waals surface area contributed by atoms with Crippen LogP contribution in [0.15, 0.2) is 35.6 Å². The van der Waals surface area contributed by atoms with E-state index in [0.29, 0.717) is 5.92 Å². The monoisotopic (exact) mass is 163 g/mol. The molecule has 1 nitrogen and oxygen atoms in total. The summed E-state index contributed by atoms with van der Waals surface area (Å²) in [5.74, 6) is 0.603. The van der Waals surface area contributed by atoms with Gasteiger partial charge in [0.25, 0.3) is 0 Å². The molecule has 0 aromatic carbocycles. The van der Waals surface area contributed by atoms with E-state index in [1.165, 1.54) is 16.8 Å². The van der Waals surface area contributed by atoms with Crippen molar-refractivity contribution in [2.45, 2.75) is 20.3 Å². The highest BCUT2D eigenvalue weighted by molar-refractivity contribution is 5.37. The van der Waals surface area contributed by atoms with Crippen molar-refractivity contribution in [3.05, 3.63) is 35.6 Å². The molecule has 0 aromatic rings. The zero-order chi connectivity index (χ0) is 9.14. The molecule has 0 fully saturated rings. The van der Waals surface area contributed by atoms with Crippen LogP contribution >= 0.6 is 0 Å². The van der Waals surface area contributed by atoms with E-state index >= 15 is 0 Å². The van der Waals surface area contributed by atoms with Gasteiger partial charge < -0.3 is 5.32 Å². The van der Waals surface area contributed by atoms with Crippen molar-refractivity contribution < 1.29 is 0 Å². The minimum absolute atomic E-state index is 0.603. The van der Waals surface area contributed by atoms with E-state index in [1.54, 1.807) is 0 Å². The van der Waals surface area contributed by atoms with Gasteiger partial charge in [0.1, 0.15) is 0 Å². The Hall–Kier alpha value is -0.980. The predicted molar refractivity (Wildman–Crippen MR) is 53.8 cm³/mol. The summed E-state index contributed by atoms with van der Waals surface area (Å²) in [4.78, 5) is 0. The van der Waals surface area contributed by atoms with E-state index in [-0.39, 0.29) is 0 Å². The van der Waals surface area contributed by atoms with Crippen molar-refractivity contribution >= 4 is 0 Å². The lowest BCUT2D eigenvalue weighted by molar-refractivity contribution is 0.618. The van der Waals surface area contributed by atoms with E-state index < -0.39 is 0 Å². The normalized spacial score (nSPS) is 23.6. The highest BCUT2D eigenvalue weighted by Gasteiger charge is 2.14. The molecule has 1 rings (SSSR count). The fourth-order valence-electron chi connectivity index (χ4n) is 1.63. The molecular weight excluding hydrogens is 146 g/mol. The third-order valence-electron chi connectivity index (χ3n) is 2.47. The van der Waals surface area contributed by atoms with E-state index in [0.717, 1.165) is 6.42 Å². The molecule has 0 radical (unpaired) electrons. The molecule has 0 spiro atoms. The first-order valence-electron chi connectivity index (χ1n) is 4.40. The van der Waals surface area contributed by atoms with Gasteiger partial charge in [0.05, 0.1) is 0 Å². The van der Waals surface area contributed by atoms with Gasteiger partial charge in [-0.25, -0.2) is 0 Å². The number of nitrogens with one attached hydrogen (secondary N) is 1. The first-order chi connectivity index (χ1) is 5.69. The van der Waals surface area contributed by atoms with Crippen LogP contribution < -0.4 is 5.32 Å². The summed E-state index contributed by atoms with van der Waals surface area (Å²) in [5.41, 5.74) is 4.05. The molecule has 1 heteroatoms. The Morgan fingerprint density at radius 3 is 2.83 bits per heavy atom. The van der Waals surface area contributed by atoms with Crippen molar-refractivity contribution in [2.24, 2.45) is 5.92 Å². The number of hydrogen-bond acceptors (Lipinski definition) is 1. The fraction of sp³-hybridized carbons (Fsp3) is 0.455. The molecule has 1 aliphatic rings. The lowest BCUT2D eigenvalue weighted by atomic mass is 9.89. The second kappa shape index (κ2) is 3.61. The Morgan fingerprint density at radius 1 is 1.67 bits per heavy atom. The first kappa shape index (κ1) is 9.11. The predicted octanol–water partition coefficient (Wildman–Crippen LogP) is 2.63. The average molecular weight is 163 g/mol. The van der Waals surface area contributed by atoms with Crippen molar-refractivity contribution in [2.75, 3.05) is 7.05 Å². The molecule has 0 heterocycles. The maximum Gasteiger partial charge on any atom is 0.0139 e. The zero-order valence-corrected chi connectivity index (χ0v) is 8.15. The minimum atomic E-state index is 0.603. The molecule has 1 N–H and O–H groups in total. The standard InChI is InChI=1S/C11H17N/c1-5-10-6-9(3)11(12-4)7-8(10)2/h5,7,9,12H,1,6H2,2-4H3. The van der Waals surface area contributed by atoms with Crippen LogP contribution in [0, 0.1) is 5.92 Å². The molecule has 12 heavy (non-hydrogen) atoms. The molecule has 0 saturated carbocycles. The molecule has 1 aliphatic carbocycles. The molecule has 0 amide bonds. The van der Waals surface area contributed by atoms with Gasteiger partial charge in [-0.1, -0.05) is 19.6 Å². The van der Waals surface area contributed by atoms with Crippen LogP contribution in [-0.2, 0) is 0 Å². The molecule has 1 atom stereocenters. The van der Waals surface area contributed by atoms with Crippen LogP contribution in [0.2, 0.25) is 0 Å². The Kier molecular flexibility index (Phi) is 2.74. The highest BCUT2D eigenvalue weighted by Crippen LogP contribution is 2.27. The third-order valence-corrected chi connectivity index (χ3v) is 2.47. The molecule has 0 aliphatic heterocycles. The summed E-state index contributed by atoms with van der Waals surface area (Å²) in [5, 5.41) is 3.22. The van der Waals surface area contributed by atoms with Gasteiger partial charge in [-0.05, 0) is 36.5 Å². The summed E-state index contributed by atoms with van der Waals surface area (Å²) in [7, 11) is 1.98. The lowest BCUT2D eigenvalue weighted by Crippen LogP contribution is -2.17. The van der Waals surface area contributed by atoms with Crippen molar-refractivity contribution in [3.63, 3.8) is 0 Å². The molecule has 0 aromatic heterocycles. The smallest absolute Gasteiger partial charge is 0.0139 e. The second-order valence-electron chi connectivity index (χ2n) is 3.37. The van der Waals surface area contributed by atoms with Crippen LogP contribution in [0.1, 0.15) is 20.3 Å². The van der Waals surface area contributed by atoms with Crippen LogP contribution in [0.4, 0.5) is 0 Å². The van der Waals surface area contributed by atoms with Gasteiger partial charge in [-0.15, -0.1) is 0 Å². The van der Waals surface area contributed by atoms with Gasteiger partial charge in [-0.2, -0.15) is 0 Å². The molecule has 0 bridgehead atoms. The van der Waals surface area contributed by atoms with Crippen molar-refractivity contribution in [1.82, 2.24) is 5.32 Å². The van der Waals surface area contributed by atoms with Gasteiger partial charge in [0.2, 0.25) is 0 Å². The number of rotatable bonds is 2. The topological polar surface area (TPSA) is 12.0 Å². The van der Waals surface area contributed by atoms with E-state index in [2.05, 4.69) is 31.8 Å². The van der Waals surface area contributed by atoms with Gasteiger partial charge in [0.15, 0.2) is 0 Å². The summed E-state index contributed by atoms with van der Waals surface area (Å²) in [6.45, 7) is 8.19. The maximum atomic E-state index is 3.81. The molecule has 1 unspecified atom stereocenters. The van der Waals surface area contributed by atoms with E-state index in [1.807, 2.05) is 13.1 Å². The van der Waals surface area contributed by atoms with Crippen LogP contribution in [-0.4, -0.2) is 7.05 Å². The highest BCUT2D eigenvalue weighted by atomic mass is 14.8. The average Bonchev–Trinajstić information content (AvgIpc) is 2.08. The Balaban J connectivity index is 2.94. The summed E-state index contributed by atoms with van der Waals surface area (Å²) < 4.78 is 0. The van der Waals surface area contributed by atoms with Gasteiger partial charge in [0, 0.05) is 12.7 Å². The van der Waals surface area contributed by atoms with Crippen LogP contribution in [0.25, 0.3) is 0 Å². The Bertz CT molecular complexity index is 246. The maximum absolute atomic E-state index is 3.81. The van der Waals surface area contributed by atoms with Crippen LogP contribution in [0.3, 0.4) is 0 Å². The SMILES string of the molecule is C=CC1=C(C)C=C(NC)C(C)C1. The summed E-state index contributed by atoms with van der Waals surface area (Å²) >= 11 is 0. The molecular formula is C11H17N. The Labute approximate surface area is 74.9 Å². The van der Waals surface area contributed by atoms with E-state index in [4.69, 9.17) is 0 Å². The number of allylic oxidation sites excluding steroid dienone is 5. The minimum Gasteiger partial charge on any atom is -0.391 e. The van der Waals surface area contributed by atoms with E-state index in [9.17, 15) is 0 Å². The third kappa shape index (κ3) is 1.60. The largest absolute Gasteiger partial charge is 0.391 e. The van der Waals surface area contributed by atoms with Gasteiger partial charge in [-0.3, -0.25) is 0 Å². The fourth-order valence-corrected chi connectivity index (χ4v) is 1.63. The zero-order valence-electron chi connectivity index (χ0n) is 8.15. The number of hydrogen-bond donors (Lipinski definition) is 1. The summed E-state index contributed by atoms with van der Waals surface area (Å²) in [6, 6.07) is 0. The van der Waals surface area contributed by atoms with Crippen LogP contribution in [0.5, 0.6) is 0 Å². The quantitative estimate of drug-likeness (QED) is 0.660. The molecule has 66 valence electrons. The first-order valence-corrected chi connectivity index (χ1v) is 4.40.